The lowest BCUT2D eigenvalue weighted by atomic mass is 10.2. The van der Waals surface area contributed by atoms with Gasteiger partial charge in [-0.2, -0.15) is 0 Å². The van der Waals surface area contributed by atoms with Crippen LogP contribution in [-0.2, 0) is 0 Å². The molecule has 6 nitrogen and oxygen atoms in total. The van der Waals surface area contributed by atoms with Gasteiger partial charge in [0.1, 0.15) is 11.5 Å². The second-order valence-electron chi connectivity index (χ2n) is 6.67. The van der Waals surface area contributed by atoms with E-state index in [2.05, 4.69) is 15.6 Å². The molecule has 29 heavy (non-hydrogen) atoms. The third-order valence-electron chi connectivity index (χ3n) is 4.45. The zero-order valence-corrected chi connectivity index (χ0v) is 16.2. The number of amides is 1. The number of rotatable bonds is 5. The Labute approximate surface area is 168 Å². The maximum Gasteiger partial charge on any atom is 0.278 e. The fourth-order valence-electron chi connectivity index (χ4n) is 2.97. The first-order chi connectivity index (χ1) is 14.1. The van der Waals surface area contributed by atoms with E-state index in [0.717, 1.165) is 17.0 Å². The van der Waals surface area contributed by atoms with E-state index in [1.165, 1.54) is 0 Å². The molecule has 1 heterocycles. The minimum atomic E-state index is -0.307. The maximum absolute atomic E-state index is 12.7. The molecule has 0 spiro atoms. The van der Waals surface area contributed by atoms with E-state index in [0.29, 0.717) is 17.1 Å². The Hall–Kier alpha value is -3.93. The van der Waals surface area contributed by atoms with Gasteiger partial charge >= 0.3 is 0 Å². The second-order valence-corrected chi connectivity index (χ2v) is 6.67. The van der Waals surface area contributed by atoms with Gasteiger partial charge in [0, 0.05) is 5.69 Å². The smallest absolute Gasteiger partial charge is 0.278 e. The quantitative estimate of drug-likeness (QED) is 0.530. The molecule has 0 saturated carbocycles. The van der Waals surface area contributed by atoms with Crippen LogP contribution < -0.4 is 10.1 Å². The van der Waals surface area contributed by atoms with Gasteiger partial charge in [0.05, 0.1) is 11.4 Å². The van der Waals surface area contributed by atoms with Gasteiger partial charge in [0.2, 0.25) is 0 Å². The van der Waals surface area contributed by atoms with E-state index in [1.807, 2.05) is 68.4 Å². The summed E-state index contributed by atoms with van der Waals surface area (Å²) in [6, 6.07) is 24.6. The molecule has 4 aromatic rings. The average molecular weight is 384 g/mol. The van der Waals surface area contributed by atoms with Crippen LogP contribution in [0.3, 0.4) is 0 Å². The molecule has 0 bridgehead atoms. The highest BCUT2D eigenvalue weighted by Crippen LogP contribution is 2.23. The summed E-state index contributed by atoms with van der Waals surface area (Å²) in [7, 11) is 0. The van der Waals surface area contributed by atoms with Crippen molar-refractivity contribution < 1.29 is 9.53 Å². The Morgan fingerprint density at radius 2 is 1.62 bits per heavy atom. The normalized spacial score (nSPS) is 10.6. The first-order valence-electron chi connectivity index (χ1n) is 9.24. The van der Waals surface area contributed by atoms with Gasteiger partial charge < -0.3 is 10.1 Å². The highest BCUT2D eigenvalue weighted by molar-refractivity contribution is 6.03. The van der Waals surface area contributed by atoms with Gasteiger partial charge in [0.25, 0.3) is 5.91 Å². The van der Waals surface area contributed by atoms with Gasteiger partial charge in [-0.1, -0.05) is 35.5 Å². The number of aromatic nitrogens is 3. The van der Waals surface area contributed by atoms with E-state index in [9.17, 15) is 4.79 Å². The molecule has 1 N–H and O–H groups in total. The Bertz CT molecular complexity index is 1140. The number of benzene rings is 3. The van der Waals surface area contributed by atoms with Crippen LogP contribution in [-0.4, -0.2) is 20.9 Å². The van der Waals surface area contributed by atoms with Crippen molar-refractivity contribution in [3.05, 3.63) is 95.8 Å². The second kappa shape index (κ2) is 7.98. The molecule has 0 aliphatic rings. The molecule has 0 aliphatic heterocycles. The van der Waals surface area contributed by atoms with Gasteiger partial charge in [-0.3, -0.25) is 4.79 Å². The lowest BCUT2D eigenvalue weighted by Gasteiger charge is -2.08. The average Bonchev–Trinajstić information content (AvgIpc) is 3.12. The van der Waals surface area contributed by atoms with Crippen molar-refractivity contribution in [2.45, 2.75) is 13.8 Å². The van der Waals surface area contributed by atoms with Crippen LogP contribution in [0.4, 0.5) is 5.69 Å². The first kappa shape index (κ1) is 18.4. The van der Waals surface area contributed by atoms with Crippen LogP contribution in [0.1, 0.15) is 21.7 Å². The minimum Gasteiger partial charge on any atom is -0.457 e. The summed E-state index contributed by atoms with van der Waals surface area (Å²) in [4.78, 5) is 12.7. The van der Waals surface area contributed by atoms with Crippen molar-refractivity contribution in [1.29, 1.82) is 0 Å². The monoisotopic (exact) mass is 384 g/mol. The molecule has 0 atom stereocenters. The van der Waals surface area contributed by atoms with E-state index in [4.69, 9.17) is 4.74 Å². The number of nitrogens with one attached hydrogen (secondary N) is 1. The lowest BCUT2D eigenvalue weighted by Crippen LogP contribution is -2.14. The number of hydrogen-bond donors (Lipinski definition) is 1. The number of para-hydroxylation sites is 1. The molecule has 0 aliphatic carbocycles. The summed E-state index contributed by atoms with van der Waals surface area (Å²) in [5.74, 6) is 1.14. The fraction of sp³-hybridized carbons (Fsp3) is 0.0870. The van der Waals surface area contributed by atoms with Crippen LogP contribution in [0.5, 0.6) is 11.5 Å². The summed E-state index contributed by atoms with van der Waals surface area (Å²) in [6.07, 6.45) is 0. The summed E-state index contributed by atoms with van der Waals surface area (Å²) in [6.45, 7) is 3.84. The predicted molar refractivity (Wildman–Crippen MR) is 112 cm³/mol. The number of nitrogens with zero attached hydrogens (tertiary/aromatic N) is 3. The fourth-order valence-corrected chi connectivity index (χ4v) is 2.97. The van der Waals surface area contributed by atoms with Gasteiger partial charge in [0.15, 0.2) is 5.69 Å². The zero-order valence-electron chi connectivity index (χ0n) is 16.2. The summed E-state index contributed by atoms with van der Waals surface area (Å²) in [5.41, 5.74) is 3.60. The third-order valence-corrected chi connectivity index (χ3v) is 4.45. The molecule has 1 aromatic heterocycles. The Balaban J connectivity index is 1.47. The molecule has 1 amide bonds. The molecule has 4 rings (SSSR count). The Morgan fingerprint density at radius 3 is 2.34 bits per heavy atom. The summed E-state index contributed by atoms with van der Waals surface area (Å²) in [5, 5.41) is 11.1. The van der Waals surface area contributed by atoms with Crippen molar-refractivity contribution in [2.24, 2.45) is 0 Å². The van der Waals surface area contributed by atoms with Crippen molar-refractivity contribution in [3.8, 4) is 17.2 Å². The Kier molecular flexibility index (Phi) is 5.07. The third kappa shape index (κ3) is 4.16. The van der Waals surface area contributed by atoms with Gasteiger partial charge in [-0.25, -0.2) is 4.68 Å². The number of aryl methyl sites for hydroxylation is 1. The first-order valence-corrected chi connectivity index (χ1v) is 9.24. The number of anilines is 1. The van der Waals surface area contributed by atoms with Crippen LogP contribution in [0.2, 0.25) is 0 Å². The Morgan fingerprint density at radius 1 is 0.897 bits per heavy atom. The van der Waals surface area contributed by atoms with E-state index >= 15 is 0 Å². The lowest BCUT2D eigenvalue weighted by molar-refractivity contribution is 0.102. The minimum absolute atomic E-state index is 0.288. The number of carbonyl (C=O) groups is 1. The van der Waals surface area contributed by atoms with Crippen LogP contribution >= 0.6 is 0 Å². The number of ether oxygens (including phenoxy) is 1. The molecular weight excluding hydrogens is 364 g/mol. The van der Waals surface area contributed by atoms with Crippen LogP contribution in [0.25, 0.3) is 5.69 Å². The van der Waals surface area contributed by atoms with E-state index in [-0.39, 0.29) is 11.6 Å². The highest BCUT2D eigenvalue weighted by atomic mass is 16.5. The maximum atomic E-state index is 12.7. The van der Waals surface area contributed by atoms with E-state index in [1.54, 1.807) is 28.9 Å². The highest BCUT2D eigenvalue weighted by Gasteiger charge is 2.17. The molecule has 0 radical (unpaired) electrons. The number of hydrogen-bond acceptors (Lipinski definition) is 4. The molecule has 3 aromatic carbocycles. The molecule has 144 valence electrons. The van der Waals surface area contributed by atoms with Gasteiger partial charge in [-0.05, 0) is 67.9 Å². The molecule has 0 fully saturated rings. The van der Waals surface area contributed by atoms with Gasteiger partial charge in [-0.15, -0.1) is 5.10 Å². The van der Waals surface area contributed by atoms with Crippen molar-refractivity contribution >= 4 is 11.6 Å². The summed E-state index contributed by atoms with van der Waals surface area (Å²) >= 11 is 0. The molecule has 0 saturated heterocycles. The van der Waals surface area contributed by atoms with Crippen LogP contribution in [0, 0.1) is 13.8 Å². The summed E-state index contributed by atoms with van der Waals surface area (Å²) < 4.78 is 7.43. The molecule has 6 heteroatoms. The SMILES string of the molecule is Cc1cccc(-n2nnc(C(=O)Nc3ccc(Oc4ccccc4)cc3)c2C)c1. The predicted octanol–water partition coefficient (Wildman–Crippen LogP) is 4.93. The largest absolute Gasteiger partial charge is 0.457 e. The standard InChI is InChI=1S/C23H20N4O2/c1-16-7-6-8-19(15-16)27-17(2)22(25-26-27)23(28)24-18-11-13-21(14-12-18)29-20-9-4-3-5-10-20/h3-15H,1-2H3,(H,24,28). The van der Waals surface area contributed by atoms with E-state index < -0.39 is 0 Å². The molecular formula is C23H20N4O2. The van der Waals surface area contributed by atoms with Crippen molar-refractivity contribution in [1.82, 2.24) is 15.0 Å². The topological polar surface area (TPSA) is 69.0 Å². The number of carbonyl (C=O) groups excluding carboxylic acids is 1. The van der Waals surface area contributed by atoms with Crippen LogP contribution in [0.15, 0.2) is 78.9 Å². The molecule has 0 unspecified atom stereocenters. The van der Waals surface area contributed by atoms with Crippen molar-refractivity contribution in [2.75, 3.05) is 5.32 Å². The zero-order chi connectivity index (χ0) is 20.2. The van der Waals surface area contributed by atoms with Crippen molar-refractivity contribution in [3.63, 3.8) is 0 Å².